The van der Waals surface area contributed by atoms with Gasteiger partial charge in [-0.15, -0.1) is 6.42 Å². The number of pyridine rings is 2. The fourth-order valence-electron chi connectivity index (χ4n) is 6.59. The quantitative estimate of drug-likeness (QED) is 0.334. The lowest BCUT2D eigenvalue weighted by Gasteiger charge is -2.35. The molecule has 0 saturated carbocycles. The highest BCUT2D eigenvalue weighted by molar-refractivity contribution is 6.04. The van der Waals surface area contributed by atoms with E-state index in [1.807, 2.05) is 0 Å². The van der Waals surface area contributed by atoms with Crippen LogP contribution < -0.4 is 15.0 Å². The zero-order valence-electron chi connectivity index (χ0n) is 22.7. The summed E-state index contributed by atoms with van der Waals surface area (Å²) in [7, 11) is 0. The van der Waals surface area contributed by atoms with E-state index in [0.29, 0.717) is 64.1 Å². The molecule has 2 N–H and O–H groups in total. The van der Waals surface area contributed by atoms with E-state index >= 15 is 4.39 Å². The van der Waals surface area contributed by atoms with Gasteiger partial charge in [-0.05, 0) is 43.4 Å². The predicted molar refractivity (Wildman–Crippen MR) is 153 cm³/mol. The lowest BCUT2D eigenvalue weighted by atomic mass is 9.95. The number of phenolic OH excluding ortho intramolecular Hbond substituents is 1. The smallest absolute Gasteiger partial charge is 0.219 e. The highest BCUT2D eigenvalue weighted by Gasteiger charge is 2.35. The molecule has 3 fully saturated rings. The number of nitrogens with zero attached hydrogens (tertiary/aromatic N) is 3. The van der Waals surface area contributed by atoms with Gasteiger partial charge in [0.15, 0.2) is 5.82 Å². The Bertz CT molecular complexity index is 1720. The number of nitrogens with one attached hydrogen (secondary N) is 1. The molecule has 2 atom stereocenters. The van der Waals surface area contributed by atoms with Gasteiger partial charge in [-0.3, -0.25) is 4.98 Å². The van der Waals surface area contributed by atoms with Crippen LogP contribution in [-0.4, -0.2) is 59.6 Å². The molecule has 4 aromatic rings. The summed E-state index contributed by atoms with van der Waals surface area (Å²) in [5.41, 5.74) is 0.739. The number of hydrogen-bond donors (Lipinski definition) is 2. The third-order valence-electron chi connectivity index (χ3n) is 8.58. The van der Waals surface area contributed by atoms with Gasteiger partial charge in [0.25, 0.3) is 0 Å². The number of fused-ring (bicyclic) bond motifs is 4. The zero-order chi connectivity index (χ0) is 28.2. The minimum absolute atomic E-state index is 0.00855. The first-order valence-corrected chi connectivity index (χ1v) is 14.1. The number of aromatic hydroxyl groups is 1. The molecule has 2 aromatic heterocycles. The average Bonchev–Trinajstić information content (AvgIpc) is 3.31. The lowest BCUT2D eigenvalue weighted by molar-refractivity contribution is 0.0235. The molecule has 210 valence electrons. The van der Waals surface area contributed by atoms with Crippen LogP contribution in [0, 0.1) is 30.9 Å². The van der Waals surface area contributed by atoms with Crippen LogP contribution >= 0.6 is 0 Å². The van der Waals surface area contributed by atoms with E-state index in [2.05, 4.69) is 21.1 Å². The summed E-state index contributed by atoms with van der Waals surface area (Å²) < 4.78 is 43.5. The summed E-state index contributed by atoms with van der Waals surface area (Å²) in [6, 6.07) is 6.31. The average molecular weight is 557 g/mol. The van der Waals surface area contributed by atoms with Crippen molar-refractivity contribution in [1.82, 2.24) is 15.3 Å². The van der Waals surface area contributed by atoms with Crippen LogP contribution in [0.4, 0.5) is 14.6 Å². The monoisotopic (exact) mass is 556 g/mol. The minimum Gasteiger partial charge on any atom is -0.508 e. The van der Waals surface area contributed by atoms with Crippen molar-refractivity contribution in [3.63, 3.8) is 0 Å². The second kappa shape index (κ2) is 10.1. The number of aromatic nitrogens is 2. The minimum atomic E-state index is -0.601. The maximum Gasteiger partial charge on any atom is 0.219 e. The van der Waals surface area contributed by atoms with Crippen LogP contribution in [-0.2, 0) is 4.74 Å². The van der Waals surface area contributed by atoms with Crippen molar-refractivity contribution in [1.29, 1.82) is 0 Å². The van der Waals surface area contributed by atoms with E-state index in [4.69, 9.17) is 20.9 Å². The molecule has 0 aliphatic carbocycles. The number of benzene rings is 2. The Morgan fingerprint density at radius 3 is 2.59 bits per heavy atom. The molecule has 3 saturated heterocycles. The number of piperazine rings is 1. The van der Waals surface area contributed by atoms with E-state index in [1.54, 1.807) is 13.1 Å². The maximum atomic E-state index is 16.9. The molecule has 3 aliphatic rings. The van der Waals surface area contributed by atoms with Crippen LogP contribution in [0.25, 0.3) is 32.8 Å². The summed E-state index contributed by atoms with van der Waals surface area (Å²) in [6.45, 7) is 4.52. The normalized spacial score (nSPS) is 21.0. The number of phenols is 1. The molecule has 2 aromatic carbocycles. The molecular formula is C32H30F2N4O3. The Kier molecular flexibility index (Phi) is 6.40. The Morgan fingerprint density at radius 2 is 1.85 bits per heavy atom. The van der Waals surface area contributed by atoms with Crippen molar-refractivity contribution < 1.29 is 23.4 Å². The first-order chi connectivity index (χ1) is 19.9. The molecule has 0 radical (unpaired) electrons. The molecule has 5 heterocycles. The summed E-state index contributed by atoms with van der Waals surface area (Å²) in [5.74, 6) is 2.12. The van der Waals surface area contributed by atoms with Gasteiger partial charge >= 0.3 is 0 Å². The Balaban J connectivity index is 1.46. The van der Waals surface area contributed by atoms with Crippen molar-refractivity contribution >= 4 is 27.4 Å². The Labute approximate surface area is 236 Å². The SMILES string of the molecule is C#Cc1c(F)ccc2cc(O)cc(-c3ncc4c(N5C[C@H]6CC[C@@H](C5)N6)nc(OC5CCOCC5)c(C)c4c3F)c12. The van der Waals surface area contributed by atoms with Gasteiger partial charge in [-0.25, -0.2) is 8.78 Å². The van der Waals surface area contributed by atoms with Crippen LogP contribution in [0.1, 0.15) is 36.8 Å². The van der Waals surface area contributed by atoms with E-state index in [0.717, 1.165) is 38.8 Å². The number of aryl methyl sites for hydroxylation is 1. The first-order valence-electron chi connectivity index (χ1n) is 14.1. The van der Waals surface area contributed by atoms with Crippen molar-refractivity contribution in [3.05, 3.63) is 53.2 Å². The second-order valence-corrected chi connectivity index (χ2v) is 11.2. The van der Waals surface area contributed by atoms with Crippen LogP contribution in [0.2, 0.25) is 0 Å². The number of rotatable bonds is 4. The highest BCUT2D eigenvalue weighted by Crippen LogP contribution is 2.42. The van der Waals surface area contributed by atoms with Crippen molar-refractivity contribution in [2.45, 2.75) is 50.8 Å². The number of ether oxygens (including phenoxy) is 2. The number of halogens is 2. The Morgan fingerprint density at radius 1 is 1.10 bits per heavy atom. The van der Waals surface area contributed by atoms with Gasteiger partial charge in [-0.2, -0.15) is 4.98 Å². The number of hydrogen-bond acceptors (Lipinski definition) is 7. The predicted octanol–water partition coefficient (Wildman–Crippen LogP) is 5.22. The van der Waals surface area contributed by atoms with Crippen molar-refractivity contribution in [2.24, 2.45) is 0 Å². The molecule has 2 bridgehead atoms. The van der Waals surface area contributed by atoms with Crippen molar-refractivity contribution in [3.8, 4) is 35.2 Å². The maximum absolute atomic E-state index is 16.9. The van der Waals surface area contributed by atoms with Gasteiger partial charge in [0.2, 0.25) is 5.88 Å². The van der Waals surface area contributed by atoms with E-state index in [9.17, 15) is 9.50 Å². The van der Waals surface area contributed by atoms with E-state index in [-0.39, 0.29) is 28.7 Å². The standard InChI is InChI=1S/C32H30F2N4O3/c1-3-23-26(33)7-4-18-12-21(39)13-24(28(18)23)30-29(34)27-17(2)32(41-22-8-10-40-11-9-22)37-31(25(27)14-35-30)38-15-19-5-6-20(16-38)36-19/h1,4,7,12-14,19-20,22,36,39H,5-6,8-11,15-16H2,2H3/t19-,20+. The first kappa shape index (κ1) is 25.9. The fourth-order valence-corrected chi connectivity index (χ4v) is 6.59. The van der Waals surface area contributed by atoms with Crippen LogP contribution in [0.15, 0.2) is 30.5 Å². The van der Waals surface area contributed by atoms with Crippen LogP contribution in [0.3, 0.4) is 0 Å². The lowest BCUT2D eigenvalue weighted by Crippen LogP contribution is -2.51. The molecule has 3 aliphatic heterocycles. The Hall–Kier alpha value is -4.00. The molecule has 9 heteroatoms. The van der Waals surface area contributed by atoms with Crippen LogP contribution in [0.5, 0.6) is 11.6 Å². The molecule has 0 unspecified atom stereocenters. The summed E-state index contributed by atoms with van der Waals surface area (Å²) in [5, 5.41) is 15.9. The largest absolute Gasteiger partial charge is 0.508 e. The molecular weight excluding hydrogens is 526 g/mol. The van der Waals surface area contributed by atoms with Gasteiger partial charge in [0, 0.05) is 71.5 Å². The second-order valence-electron chi connectivity index (χ2n) is 11.2. The molecule has 7 nitrogen and oxygen atoms in total. The van der Waals surface area contributed by atoms with Crippen molar-refractivity contribution in [2.75, 3.05) is 31.2 Å². The van der Waals surface area contributed by atoms with E-state index in [1.165, 1.54) is 24.3 Å². The highest BCUT2D eigenvalue weighted by atomic mass is 19.1. The van der Waals surface area contributed by atoms with Gasteiger partial charge in [0.1, 0.15) is 29.2 Å². The third-order valence-corrected chi connectivity index (χ3v) is 8.58. The van der Waals surface area contributed by atoms with Gasteiger partial charge in [0.05, 0.1) is 18.8 Å². The zero-order valence-corrected chi connectivity index (χ0v) is 22.7. The molecule has 7 rings (SSSR count). The van der Waals surface area contributed by atoms with E-state index < -0.39 is 11.6 Å². The summed E-state index contributed by atoms with van der Waals surface area (Å²) in [6.07, 6.45) is 10.9. The van der Waals surface area contributed by atoms with Gasteiger partial charge < -0.3 is 24.8 Å². The fraction of sp³-hybridized carbons (Fsp3) is 0.375. The number of terminal acetylenes is 1. The molecule has 41 heavy (non-hydrogen) atoms. The molecule has 0 spiro atoms. The summed E-state index contributed by atoms with van der Waals surface area (Å²) >= 11 is 0. The molecule has 0 amide bonds. The topological polar surface area (TPSA) is 79.7 Å². The van der Waals surface area contributed by atoms with Gasteiger partial charge in [-0.1, -0.05) is 12.0 Å². The third kappa shape index (κ3) is 4.42. The summed E-state index contributed by atoms with van der Waals surface area (Å²) in [4.78, 5) is 11.7. The number of anilines is 1.